The first-order valence-corrected chi connectivity index (χ1v) is 6.27. The largest absolute Gasteiger partial charge is 0.343 e. The smallest absolute Gasteiger partial charge is 0.300 e. The molecular formula is C14H22N3O+. The fourth-order valence-corrected chi connectivity index (χ4v) is 1.79. The van der Waals surface area contributed by atoms with E-state index in [1.807, 2.05) is 23.0 Å². The molecule has 2 rings (SSSR count). The van der Waals surface area contributed by atoms with Crippen LogP contribution in [0.4, 0.5) is 0 Å². The normalized spacial score (nSPS) is 13.0. The first-order chi connectivity index (χ1) is 8.19. The van der Waals surface area contributed by atoms with Gasteiger partial charge in [-0.25, -0.2) is 0 Å². The lowest BCUT2D eigenvalue weighted by Crippen LogP contribution is -2.36. The number of hydrogen-bond donors (Lipinski definition) is 0. The highest BCUT2D eigenvalue weighted by Crippen LogP contribution is 2.21. The van der Waals surface area contributed by atoms with Gasteiger partial charge in [-0.3, -0.25) is 0 Å². The maximum atomic E-state index is 5.88. The quantitative estimate of drug-likeness (QED) is 0.727. The van der Waals surface area contributed by atoms with Gasteiger partial charge in [0, 0.05) is 11.5 Å². The standard InChI is InChI=1S/C14H22N3O/c1-13(2,3)11-8-10-16(18-11)12-7-9-15-17(12)14(4,5)6/h7-10H,1-6H3/q+1. The number of hydrogen-bond acceptors (Lipinski definition) is 2. The number of rotatable bonds is 1. The molecule has 0 radical (unpaired) electrons. The van der Waals surface area contributed by atoms with E-state index >= 15 is 0 Å². The SMILES string of the molecule is CC(C)(C)c1cc[n+](-c2ccnn2C(C)(C)C)o1. The summed E-state index contributed by atoms with van der Waals surface area (Å²) in [5.74, 6) is 1.90. The van der Waals surface area contributed by atoms with Crippen molar-refractivity contribution < 1.29 is 9.26 Å². The molecule has 0 aliphatic heterocycles. The molecule has 4 heteroatoms. The molecule has 0 unspecified atom stereocenters. The molecule has 98 valence electrons. The Hall–Kier alpha value is -1.58. The predicted octanol–water partition coefficient (Wildman–Crippen LogP) is 2.81. The van der Waals surface area contributed by atoms with Gasteiger partial charge in [0.1, 0.15) is 11.7 Å². The molecule has 0 bridgehead atoms. The van der Waals surface area contributed by atoms with Gasteiger partial charge in [0.05, 0.1) is 12.3 Å². The summed E-state index contributed by atoms with van der Waals surface area (Å²) < 4.78 is 9.62. The summed E-state index contributed by atoms with van der Waals surface area (Å²) >= 11 is 0. The molecule has 0 saturated heterocycles. The molecule has 18 heavy (non-hydrogen) atoms. The Labute approximate surface area is 108 Å². The Morgan fingerprint density at radius 3 is 2.28 bits per heavy atom. The van der Waals surface area contributed by atoms with Crippen molar-refractivity contribution in [2.75, 3.05) is 0 Å². The lowest BCUT2D eigenvalue weighted by Gasteiger charge is -2.14. The van der Waals surface area contributed by atoms with Crippen LogP contribution in [0.15, 0.2) is 29.0 Å². The van der Waals surface area contributed by atoms with Crippen LogP contribution in [0.5, 0.6) is 0 Å². The zero-order valence-corrected chi connectivity index (χ0v) is 12.1. The van der Waals surface area contributed by atoms with E-state index < -0.39 is 0 Å². The molecule has 0 atom stereocenters. The van der Waals surface area contributed by atoms with Gasteiger partial charge in [-0.15, -0.1) is 4.68 Å². The maximum Gasteiger partial charge on any atom is 0.343 e. The summed E-state index contributed by atoms with van der Waals surface area (Å²) in [5, 5.41) is 4.37. The fraction of sp³-hybridized carbons (Fsp3) is 0.571. The van der Waals surface area contributed by atoms with E-state index in [2.05, 4.69) is 46.6 Å². The fourth-order valence-electron chi connectivity index (χ4n) is 1.79. The number of aromatic nitrogens is 3. The van der Waals surface area contributed by atoms with Gasteiger partial charge < -0.3 is 4.52 Å². The lowest BCUT2D eigenvalue weighted by molar-refractivity contribution is -0.790. The zero-order chi connectivity index (χ0) is 13.6. The summed E-state index contributed by atoms with van der Waals surface area (Å²) in [6.07, 6.45) is 3.74. The van der Waals surface area contributed by atoms with E-state index in [4.69, 9.17) is 4.52 Å². The molecule has 0 saturated carbocycles. The molecule has 2 heterocycles. The van der Waals surface area contributed by atoms with Crippen molar-refractivity contribution in [2.24, 2.45) is 0 Å². The molecule has 0 aromatic carbocycles. The van der Waals surface area contributed by atoms with Crippen molar-refractivity contribution in [2.45, 2.75) is 52.5 Å². The van der Waals surface area contributed by atoms with Crippen LogP contribution in [-0.4, -0.2) is 9.78 Å². The van der Waals surface area contributed by atoms with Crippen molar-refractivity contribution in [3.8, 4) is 5.82 Å². The van der Waals surface area contributed by atoms with E-state index in [1.54, 1.807) is 10.9 Å². The van der Waals surface area contributed by atoms with Gasteiger partial charge in [0.2, 0.25) is 0 Å². The Morgan fingerprint density at radius 1 is 1.11 bits per heavy atom. The van der Waals surface area contributed by atoms with Crippen LogP contribution < -0.4 is 4.74 Å². The van der Waals surface area contributed by atoms with Crippen LogP contribution in [0.2, 0.25) is 0 Å². The zero-order valence-electron chi connectivity index (χ0n) is 12.1. The van der Waals surface area contributed by atoms with Gasteiger partial charge in [-0.1, -0.05) is 25.9 Å². The first kappa shape index (κ1) is 12.9. The molecule has 0 amide bonds. The summed E-state index contributed by atoms with van der Waals surface area (Å²) in [7, 11) is 0. The van der Waals surface area contributed by atoms with Crippen molar-refractivity contribution in [3.05, 3.63) is 30.3 Å². The van der Waals surface area contributed by atoms with Crippen molar-refractivity contribution in [1.82, 2.24) is 9.78 Å². The minimum absolute atomic E-state index is 0.0117. The highest BCUT2D eigenvalue weighted by atomic mass is 16.5. The van der Waals surface area contributed by atoms with Crippen molar-refractivity contribution >= 4 is 0 Å². The third-order valence-corrected chi connectivity index (χ3v) is 2.78. The van der Waals surface area contributed by atoms with E-state index in [1.165, 1.54) is 0 Å². The third-order valence-electron chi connectivity index (χ3n) is 2.78. The maximum absolute atomic E-state index is 5.88. The van der Waals surface area contributed by atoms with Crippen LogP contribution >= 0.6 is 0 Å². The number of nitrogens with zero attached hydrogens (tertiary/aromatic N) is 3. The topological polar surface area (TPSA) is 34.8 Å². The van der Waals surface area contributed by atoms with Crippen molar-refractivity contribution in [3.63, 3.8) is 0 Å². The second-order valence-corrected chi connectivity index (χ2v) is 6.62. The highest BCUT2D eigenvalue weighted by Gasteiger charge is 2.29. The van der Waals surface area contributed by atoms with E-state index in [-0.39, 0.29) is 11.0 Å². The first-order valence-electron chi connectivity index (χ1n) is 6.27. The Morgan fingerprint density at radius 2 is 1.78 bits per heavy atom. The van der Waals surface area contributed by atoms with Crippen LogP contribution in [0.1, 0.15) is 47.3 Å². The van der Waals surface area contributed by atoms with Gasteiger partial charge in [-0.2, -0.15) is 0 Å². The van der Waals surface area contributed by atoms with Crippen LogP contribution in [0, 0.1) is 0 Å². The average molecular weight is 248 g/mol. The molecule has 0 fully saturated rings. The Kier molecular flexibility index (Phi) is 2.84. The molecule has 2 aromatic heterocycles. The van der Waals surface area contributed by atoms with Crippen LogP contribution in [0.25, 0.3) is 5.82 Å². The minimum atomic E-state index is -0.0689. The van der Waals surface area contributed by atoms with E-state index in [0.717, 1.165) is 11.6 Å². The minimum Gasteiger partial charge on any atom is -0.300 e. The second-order valence-electron chi connectivity index (χ2n) is 6.62. The summed E-state index contributed by atoms with van der Waals surface area (Å²) in [6, 6.07) is 3.97. The van der Waals surface area contributed by atoms with E-state index in [9.17, 15) is 0 Å². The third kappa shape index (κ3) is 2.33. The Bertz CT molecular complexity index is 538. The van der Waals surface area contributed by atoms with Gasteiger partial charge in [0.15, 0.2) is 5.76 Å². The van der Waals surface area contributed by atoms with Crippen LogP contribution in [0.3, 0.4) is 0 Å². The average Bonchev–Trinajstić information content (AvgIpc) is 2.84. The molecule has 4 nitrogen and oxygen atoms in total. The van der Waals surface area contributed by atoms with Crippen molar-refractivity contribution in [1.29, 1.82) is 0 Å². The summed E-state index contributed by atoms with van der Waals surface area (Å²) in [5.41, 5.74) is -0.0572. The highest BCUT2D eigenvalue weighted by molar-refractivity contribution is 5.11. The van der Waals surface area contributed by atoms with E-state index in [0.29, 0.717) is 0 Å². The van der Waals surface area contributed by atoms with Crippen LogP contribution in [-0.2, 0) is 11.0 Å². The molecule has 0 aliphatic rings. The molecule has 0 aliphatic carbocycles. The molecule has 2 aromatic rings. The summed E-state index contributed by atoms with van der Waals surface area (Å²) in [6.45, 7) is 12.8. The Balaban J connectivity index is 2.45. The predicted molar refractivity (Wildman–Crippen MR) is 69.7 cm³/mol. The van der Waals surface area contributed by atoms with Gasteiger partial charge in [-0.05, 0) is 25.5 Å². The van der Waals surface area contributed by atoms with Gasteiger partial charge in [0.25, 0.3) is 0 Å². The van der Waals surface area contributed by atoms with Gasteiger partial charge >= 0.3 is 5.82 Å². The molecule has 0 N–H and O–H groups in total. The monoisotopic (exact) mass is 248 g/mol. The molecule has 0 spiro atoms. The molecular weight excluding hydrogens is 226 g/mol. The summed E-state index contributed by atoms with van der Waals surface area (Å²) in [4.78, 5) is 0. The lowest BCUT2D eigenvalue weighted by atomic mass is 9.94. The second kappa shape index (κ2) is 3.97.